The highest BCUT2D eigenvalue weighted by molar-refractivity contribution is 7.91. The topological polar surface area (TPSA) is 37.4 Å². The van der Waals surface area contributed by atoms with Crippen LogP contribution in [0, 0.1) is 12.7 Å². The summed E-state index contributed by atoms with van der Waals surface area (Å²) in [5, 5.41) is 0. The number of anilines is 1. The third kappa shape index (κ3) is 3.67. The summed E-state index contributed by atoms with van der Waals surface area (Å²) in [5.74, 6) is -3.86. The van der Waals surface area contributed by atoms with Gasteiger partial charge in [0, 0.05) is 13.6 Å². The molecular weight excluding hydrogens is 327 g/mol. The Morgan fingerprint density at radius 1 is 1.13 bits per heavy atom. The molecule has 0 radical (unpaired) electrons. The van der Waals surface area contributed by atoms with Crippen LogP contribution >= 0.6 is 0 Å². The molecule has 3 nitrogen and oxygen atoms in total. The second-order valence-corrected chi connectivity index (χ2v) is 7.10. The third-order valence-electron chi connectivity index (χ3n) is 3.47. The molecule has 0 N–H and O–H groups in total. The van der Waals surface area contributed by atoms with Gasteiger partial charge in [-0.3, -0.25) is 0 Å². The van der Waals surface area contributed by atoms with Gasteiger partial charge in [-0.25, -0.2) is 12.8 Å². The van der Waals surface area contributed by atoms with Gasteiger partial charge in [0.2, 0.25) is 9.84 Å². The number of hydrogen-bond acceptors (Lipinski definition) is 3. The Balaban J connectivity index is 2.37. The molecule has 7 heteroatoms. The number of benzene rings is 2. The van der Waals surface area contributed by atoms with Gasteiger partial charge in [0.1, 0.15) is 5.82 Å². The Kier molecular flexibility index (Phi) is 4.99. The fourth-order valence-electron chi connectivity index (χ4n) is 2.20. The monoisotopic (exact) mass is 343 g/mol. The zero-order chi connectivity index (χ0) is 17.2. The van der Waals surface area contributed by atoms with Gasteiger partial charge in [-0.15, -0.1) is 0 Å². The van der Waals surface area contributed by atoms with Crippen LogP contribution in [0.1, 0.15) is 11.1 Å². The maximum Gasteiger partial charge on any atom is 0.341 e. The minimum Gasteiger partial charge on any atom is -0.369 e. The molecule has 0 aliphatic carbocycles. The average molecular weight is 343 g/mol. The molecule has 0 unspecified atom stereocenters. The Hall–Kier alpha value is -2.02. The van der Waals surface area contributed by atoms with E-state index in [1.165, 1.54) is 23.1 Å². The molecular formula is C16H16F3NO2S. The summed E-state index contributed by atoms with van der Waals surface area (Å²) in [6.07, 6.45) is 0. The van der Waals surface area contributed by atoms with Gasteiger partial charge in [0.25, 0.3) is 0 Å². The van der Waals surface area contributed by atoms with E-state index in [4.69, 9.17) is 0 Å². The average Bonchev–Trinajstić information content (AvgIpc) is 2.50. The second-order valence-electron chi connectivity index (χ2n) is 5.21. The molecule has 0 spiro atoms. The molecule has 124 valence electrons. The van der Waals surface area contributed by atoms with Gasteiger partial charge in [0.15, 0.2) is 0 Å². The molecule has 0 amide bonds. The van der Waals surface area contributed by atoms with Gasteiger partial charge < -0.3 is 4.90 Å². The van der Waals surface area contributed by atoms with Crippen molar-refractivity contribution in [3.05, 3.63) is 59.4 Å². The van der Waals surface area contributed by atoms with Gasteiger partial charge in [-0.1, -0.05) is 24.3 Å². The zero-order valence-corrected chi connectivity index (χ0v) is 13.4. The molecule has 2 aromatic carbocycles. The molecule has 0 fully saturated rings. The highest BCUT2D eigenvalue weighted by atomic mass is 32.2. The van der Waals surface area contributed by atoms with E-state index in [1.54, 1.807) is 32.2 Å². The van der Waals surface area contributed by atoms with Crippen molar-refractivity contribution in [1.82, 2.24) is 0 Å². The molecule has 0 atom stereocenters. The quantitative estimate of drug-likeness (QED) is 0.829. The number of sulfone groups is 1. The molecule has 0 bridgehead atoms. The fraction of sp³-hybridized carbons (Fsp3) is 0.250. The van der Waals surface area contributed by atoms with E-state index in [-0.39, 0.29) is 18.0 Å². The Morgan fingerprint density at radius 2 is 1.78 bits per heavy atom. The van der Waals surface area contributed by atoms with Crippen LogP contribution < -0.4 is 4.90 Å². The lowest BCUT2D eigenvalue weighted by molar-refractivity contribution is 0.235. The zero-order valence-electron chi connectivity index (χ0n) is 12.6. The molecule has 2 aromatic rings. The first kappa shape index (κ1) is 17.3. The van der Waals surface area contributed by atoms with Crippen molar-refractivity contribution in [2.24, 2.45) is 0 Å². The predicted molar refractivity (Wildman–Crippen MR) is 82.9 cm³/mol. The van der Waals surface area contributed by atoms with E-state index in [0.717, 1.165) is 6.07 Å². The predicted octanol–water partition coefficient (Wildman–Crippen LogP) is 3.77. The highest BCUT2D eigenvalue weighted by Gasteiger charge is 2.29. The standard InChI is InChI=1S/C16H16F3NO2S/c1-11-7-8-12(9-13(11)17)10-20(2)14-5-3-4-6-15(14)23(21,22)16(18)19/h3-9,16H,10H2,1-2H3. The van der Waals surface area contributed by atoms with Crippen LogP contribution in [0.25, 0.3) is 0 Å². The van der Waals surface area contributed by atoms with E-state index in [9.17, 15) is 21.6 Å². The van der Waals surface area contributed by atoms with Crippen LogP contribution in [-0.4, -0.2) is 21.2 Å². The lowest BCUT2D eigenvalue weighted by Gasteiger charge is -2.22. The molecule has 2 rings (SSSR count). The number of para-hydroxylation sites is 1. The number of alkyl halides is 2. The first-order valence-corrected chi connectivity index (χ1v) is 8.35. The van der Waals surface area contributed by atoms with Gasteiger partial charge in [-0.2, -0.15) is 8.78 Å². The van der Waals surface area contributed by atoms with E-state index >= 15 is 0 Å². The van der Waals surface area contributed by atoms with Crippen molar-refractivity contribution in [3.8, 4) is 0 Å². The minimum absolute atomic E-state index is 0.147. The molecule has 0 saturated carbocycles. The number of hydrogen-bond donors (Lipinski definition) is 0. The molecule has 0 aliphatic rings. The van der Waals surface area contributed by atoms with Gasteiger partial charge in [-0.05, 0) is 36.2 Å². The third-order valence-corrected chi connectivity index (χ3v) is 4.90. The van der Waals surface area contributed by atoms with Crippen LogP contribution in [0.5, 0.6) is 0 Å². The fourth-order valence-corrected chi connectivity index (χ4v) is 3.18. The summed E-state index contributed by atoms with van der Waals surface area (Å²) in [6, 6.07) is 10.2. The summed E-state index contributed by atoms with van der Waals surface area (Å²) in [4.78, 5) is 1.06. The summed E-state index contributed by atoms with van der Waals surface area (Å²) < 4.78 is 62.8. The Morgan fingerprint density at radius 3 is 2.39 bits per heavy atom. The Labute approximate surface area is 133 Å². The largest absolute Gasteiger partial charge is 0.369 e. The summed E-state index contributed by atoms with van der Waals surface area (Å²) in [7, 11) is -3.14. The van der Waals surface area contributed by atoms with Crippen LogP contribution in [0.3, 0.4) is 0 Å². The lowest BCUT2D eigenvalue weighted by atomic mass is 10.1. The number of aryl methyl sites for hydroxylation is 1. The highest BCUT2D eigenvalue weighted by Crippen LogP contribution is 2.29. The van der Waals surface area contributed by atoms with E-state index < -0.39 is 20.5 Å². The number of nitrogens with zero attached hydrogens (tertiary/aromatic N) is 1. The van der Waals surface area contributed by atoms with E-state index in [2.05, 4.69) is 0 Å². The molecule has 23 heavy (non-hydrogen) atoms. The molecule has 0 saturated heterocycles. The molecule has 0 heterocycles. The summed E-state index contributed by atoms with van der Waals surface area (Å²) >= 11 is 0. The van der Waals surface area contributed by atoms with Crippen LogP contribution in [0.2, 0.25) is 0 Å². The van der Waals surface area contributed by atoms with Crippen LogP contribution in [-0.2, 0) is 16.4 Å². The molecule has 0 aromatic heterocycles. The van der Waals surface area contributed by atoms with Gasteiger partial charge in [0.05, 0.1) is 10.6 Å². The van der Waals surface area contributed by atoms with Crippen molar-refractivity contribution in [3.63, 3.8) is 0 Å². The van der Waals surface area contributed by atoms with Gasteiger partial charge >= 0.3 is 5.76 Å². The SMILES string of the molecule is Cc1ccc(CN(C)c2ccccc2S(=O)(=O)C(F)F)cc1F. The second kappa shape index (κ2) is 6.62. The maximum atomic E-state index is 13.6. The molecule has 0 aliphatic heterocycles. The van der Waals surface area contributed by atoms with Crippen molar-refractivity contribution < 1.29 is 21.6 Å². The van der Waals surface area contributed by atoms with Crippen molar-refractivity contribution in [2.75, 3.05) is 11.9 Å². The number of halogens is 3. The Bertz CT molecular complexity index is 807. The summed E-state index contributed by atoms with van der Waals surface area (Å²) in [5.41, 5.74) is 1.26. The van der Waals surface area contributed by atoms with Crippen molar-refractivity contribution >= 4 is 15.5 Å². The van der Waals surface area contributed by atoms with Crippen molar-refractivity contribution in [1.29, 1.82) is 0 Å². The first-order valence-electron chi connectivity index (χ1n) is 6.80. The van der Waals surface area contributed by atoms with Crippen LogP contribution in [0.4, 0.5) is 18.9 Å². The summed E-state index contributed by atoms with van der Waals surface area (Å²) in [6.45, 7) is 1.82. The van der Waals surface area contributed by atoms with Crippen molar-refractivity contribution in [2.45, 2.75) is 24.1 Å². The van der Waals surface area contributed by atoms with E-state index in [1.807, 2.05) is 0 Å². The van der Waals surface area contributed by atoms with Crippen LogP contribution in [0.15, 0.2) is 47.4 Å². The minimum atomic E-state index is -4.71. The normalized spacial score (nSPS) is 11.7. The maximum absolute atomic E-state index is 13.6. The lowest BCUT2D eigenvalue weighted by Crippen LogP contribution is -2.21. The smallest absolute Gasteiger partial charge is 0.341 e. The number of rotatable bonds is 5. The first-order chi connectivity index (χ1) is 10.7. The van der Waals surface area contributed by atoms with E-state index in [0.29, 0.717) is 11.1 Å².